The van der Waals surface area contributed by atoms with Crippen LogP contribution in [0.25, 0.3) is 11.2 Å². The number of fused-ring (bicyclic) bond motifs is 1. The van der Waals surface area contributed by atoms with Gasteiger partial charge in [0.15, 0.2) is 29.2 Å². The summed E-state index contributed by atoms with van der Waals surface area (Å²) in [6.45, 7) is 3.32. The van der Waals surface area contributed by atoms with Crippen molar-refractivity contribution in [1.82, 2.24) is 19.5 Å². The number of nitrogens with zero attached hydrogens (tertiary/aromatic N) is 5. The molecule has 0 radical (unpaired) electrons. The SMILES string of the molecule is CC(=O)OC[C@@H]1O[C@@H](n2cnc3c(Cl)nc(C#N)nc32)[C@H](OC(C)=O)[C@@H]1OC(C)=O. The number of aromatic nitrogens is 4. The van der Waals surface area contributed by atoms with E-state index in [0.29, 0.717) is 0 Å². The van der Waals surface area contributed by atoms with Crippen LogP contribution < -0.4 is 0 Å². The number of imidazole rings is 1. The Morgan fingerprint density at radius 3 is 2.43 bits per heavy atom. The highest BCUT2D eigenvalue weighted by atomic mass is 35.5. The highest BCUT2D eigenvalue weighted by molar-refractivity contribution is 6.33. The summed E-state index contributed by atoms with van der Waals surface area (Å²) in [5.41, 5.74) is 0.330. The summed E-state index contributed by atoms with van der Waals surface area (Å²) in [7, 11) is 0. The van der Waals surface area contributed by atoms with Crippen LogP contribution in [0.1, 0.15) is 32.8 Å². The summed E-state index contributed by atoms with van der Waals surface area (Å²) < 4.78 is 22.9. The van der Waals surface area contributed by atoms with E-state index < -0.39 is 42.4 Å². The van der Waals surface area contributed by atoms with Crippen molar-refractivity contribution >= 4 is 40.7 Å². The van der Waals surface area contributed by atoms with E-state index in [1.54, 1.807) is 6.07 Å². The van der Waals surface area contributed by atoms with Crippen LogP contribution in [0, 0.1) is 11.3 Å². The number of nitriles is 1. The minimum atomic E-state index is -1.12. The Labute approximate surface area is 174 Å². The molecule has 2 aromatic rings. The van der Waals surface area contributed by atoms with Crippen molar-refractivity contribution in [2.75, 3.05) is 6.61 Å². The predicted octanol–water partition coefficient (Wildman–Crippen LogP) is 0.675. The Hall–Kier alpha value is -3.30. The minimum Gasteiger partial charge on any atom is -0.463 e. The van der Waals surface area contributed by atoms with Crippen molar-refractivity contribution in [3.63, 3.8) is 0 Å². The maximum Gasteiger partial charge on any atom is 0.303 e. The summed E-state index contributed by atoms with van der Waals surface area (Å²) in [5, 5.41) is 9.07. The lowest BCUT2D eigenvalue weighted by atomic mass is 10.1. The molecule has 1 aliphatic heterocycles. The number of rotatable bonds is 5. The van der Waals surface area contributed by atoms with E-state index in [0.717, 1.165) is 0 Å². The van der Waals surface area contributed by atoms with Gasteiger partial charge in [0, 0.05) is 20.8 Å². The molecule has 3 heterocycles. The fourth-order valence-electron chi connectivity index (χ4n) is 3.04. The Morgan fingerprint density at radius 1 is 1.17 bits per heavy atom. The maximum absolute atomic E-state index is 11.7. The fraction of sp³-hybridized carbons (Fsp3) is 0.471. The van der Waals surface area contributed by atoms with Crippen molar-refractivity contribution < 1.29 is 33.3 Å². The van der Waals surface area contributed by atoms with Gasteiger partial charge < -0.3 is 18.9 Å². The van der Waals surface area contributed by atoms with Crippen LogP contribution in [0.4, 0.5) is 0 Å². The quantitative estimate of drug-likeness (QED) is 0.368. The normalized spacial score (nSPS) is 23.0. The topological polar surface area (TPSA) is 156 Å². The average molecular weight is 438 g/mol. The van der Waals surface area contributed by atoms with Crippen LogP contribution in [0.3, 0.4) is 0 Å². The molecule has 12 nitrogen and oxygen atoms in total. The smallest absolute Gasteiger partial charge is 0.303 e. The van der Waals surface area contributed by atoms with Gasteiger partial charge in [-0.05, 0) is 0 Å². The van der Waals surface area contributed by atoms with E-state index >= 15 is 0 Å². The lowest BCUT2D eigenvalue weighted by Crippen LogP contribution is -2.40. The van der Waals surface area contributed by atoms with Crippen LogP contribution >= 0.6 is 11.6 Å². The number of esters is 3. The van der Waals surface area contributed by atoms with Gasteiger partial charge in [-0.15, -0.1) is 0 Å². The maximum atomic E-state index is 11.7. The summed E-state index contributed by atoms with van der Waals surface area (Å²) in [5.74, 6) is -2.08. The number of halogens is 1. The highest BCUT2D eigenvalue weighted by Gasteiger charge is 2.51. The van der Waals surface area contributed by atoms with Gasteiger partial charge in [-0.1, -0.05) is 11.6 Å². The molecule has 0 aromatic carbocycles. The van der Waals surface area contributed by atoms with Crippen molar-refractivity contribution in [1.29, 1.82) is 5.26 Å². The highest BCUT2D eigenvalue weighted by Crippen LogP contribution is 2.36. The Kier molecular flexibility index (Phi) is 6.14. The molecule has 0 bridgehead atoms. The third-order valence-corrected chi connectivity index (χ3v) is 4.36. The van der Waals surface area contributed by atoms with Crippen molar-refractivity contribution in [2.45, 2.75) is 45.3 Å². The second-order valence-electron chi connectivity index (χ2n) is 6.29. The Bertz CT molecular complexity index is 1050. The van der Waals surface area contributed by atoms with Crippen molar-refractivity contribution in [3.05, 3.63) is 17.3 Å². The first-order valence-corrected chi connectivity index (χ1v) is 9.02. The number of ether oxygens (including phenoxy) is 4. The van der Waals surface area contributed by atoms with E-state index in [2.05, 4.69) is 15.0 Å². The van der Waals surface area contributed by atoms with Crippen LogP contribution in [-0.4, -0.2) is 62.3 Å². The third-order valence-electron chi connectivity index (χ3n) is 4.09. The summed E-state index contributed by atoms with van der Waals surface area (Å²) in [4.78, 5) is 46.6. The molecule has 158 valence electrons. The van der Waals surface area contributed by atoms with Gasteiger partial charge in [0.2, 0.25) is 5.82 Å². The monoisotopic (exact) mass is 437 g/mol. The standard InChI is InChI=1S/C17H16ClN5O7/c1-7(24)27-5-10-13(28-8(2)25)14(29-9(3)26)17(30-10)23-6-20-12-15(18)21-11(4-19)22-16(12)23/h6,10,13-14,17H,5H2,1-3H3/t10-,13+,14+,17+/m0/s1. The molecule has 0 N–H and O–H groups in total. The molecule has 1 saturated heterocycles. The summed E-state index contributed by atoms with van der Waals surface area (Å²) in [6, 6.07) is 1.79. The molecule has 0 spiro atoms. The van der Waals surface area contributed by atoms with E-state index in [-0.39, 0.29) is 28.7 Å². The molecular formula is C17H16ClN5O7. The zero-order chi connectivity index (χ0) is 22.0. The van der Waals surface area contributed by atoms with Crippen LogP contribution in [0.2, 0.25) is 5.15 Å². The fourth-order valence-corrected chi connectivity index (χ4v) is 3.25. The second kappa shape index (κ2) is 8.60. The van der Waals surface area contributed by atoms with Gasteiger partial charge in [-0.25, -0.2) is 9.97 Å². The third kappa shape index (κ3) is 4.32. The van der Waals surface area contributed by atoms with Gasteiger partial charge in [0.1, 0.15) is 24.3 Å². The Morgan fingerprint density at radius 2 is 1.83 bits per heavy atom. The molecule has 4 atom stereocenters. The van der Waals surface area contributed by atoms with Gasteiger partial charge in [0.25, 0.3) is 0 Å². The number of carbonyl (C=O) groups is 3. The molecule has 13 heteroatoms. The van der Waals surface area contributed by atoms with E-state index in [4.69, 9.17) is 35.8 Å². The summed E-state index contributed by atoms with van der Waals surface area (Å²) >= 11 is 6.06. The lowest BCUT2D eigenvalue weighted by molar-refractivity contribution is -0.166. The molecule has 0 amide bonds. The lowest BCUT2D eigenvalue weighted by Gasteiger charge is -2.23. The van der Waals surface area contributed by atoms with E-state index in [9.17, 15) is 14.4 Å². The van der Waals surface area contributed by atoms with E-state index in [1.807, 2.05) is 0 Å². The van der Waals surface area contributed by atoms with Crippen molar-refractivity contribution in [2.24, 2.45) is 0 Å². The first-order chi connectivity index (χ1) is 14.2. The molecule has 0 unspecified atom stereocenters. The average Bonchev–Trinajstić information content (AvgIpc) is 3.21. The molecule has 0 saturated carbocycles. The summed E-state index contributed by atoms with van der Waals surface area (Å²) in [6.07, 6.45) is -2.91. The zero-order valence-corrected chi connectivity index (χ0v) is 16.8. The molecule has 3 rings (SSSR count). The van der Waals surface area contributed by atoms with Gasteiger partial charge in [-0.2, -0.15) is 10.2 Å². The molecule has 1 fully saturated rings. The predicted molar refractivity (Wildman–Crippen MR) is 96.7 cm³/mol. The second-order valence-corrected chi connectivity index (χ2v) is 6.65. The van der Waals surface area contributed by atoms with Crippen LogP contribution in [0.5, 0.6) is 0 Å². The van der Waals surface area contributed by atoms with Gasteiger partial charge >= 0.3 is 17.9 Å². The van der Waals surface area contributed by atoms with E-state index in [1.165, 1.54) is 31.7 Å². The number of hydrogen-bond donors (Lipinski definition) is 0. The van der Waals surface area contributed by atoms with Gasteiger partial charge in [-0.3, -0.25) is 19.0 Å². The van der Waals surface area contributed by atoms with Crippen molar-refractivity contribution in [3.8, 4) is 6.07 Å². The zero-order valence-electron chi connectivity index (χ0n) is 16.1. The minimum absolute atomic E-state index is 0.0506. The molecule has 30 heavy (non-hydrogen) atoms. The molecule has 1 aliphatic rings. The molecular weight excluding hydrogens is 422 g/mol. The van der Waals surface area contributed by atoms with Crippen LogP contribution in [-0.2, 0) is 33.3 Å². The van der Waals surface area contributed by atoms with Gasteiger partial charge in [0.05, 0.1) is 6.33 Å². The number of carbonyl (C=O) groups excluding carboxylic acids is 3. The first-order valence-electron chi connectivity index (χ1n) is 8.64. The molecule has 2 aromatic heterocycles. The number of hydrogen-bond acceptors (Lipinski definition) is 11. The molecule has 0 aliphatic carbocycles. The Balaban J connectivity index is 2.07. The largest absolute Gasteiger partial charge is 0.463 e. The van der Waals surface area contributed by atoms with Crippen LogP contribution in [0.15, 0.2) is 6.33 Å². The first kappa shape index (κ1) is 21.4.